The molecule has 0 aliphatic carbocycles. The van der Waals surface area contributed by atoms with E-state index in [4.69, 9.17) is 4.74 Å². The second-order valence-electron chi connectivity index (χ2n) is 5.67. The van der Waals surface area contributed by atoms with Gasteiger partial charge in [0.25, 0.3) is 0 Å². The third kappa shape index (κ3) is 4.72. The van der Waals surface area contributed by atoms with Crippen molar-refractivity contribution < 1.29 is 17.9 Å². The first-order chi connectivity index (χ1) is 12.3. The van der Waals surface area contributed by atoms with Gasteiger partial charge >= 0.3 is 0 Å². The molecule has 0 aliphatic heterocycles. The lowest BCUT2D eigenvalue weighted by atomic mass is 10.2. The summed E-state index contributed by atoms with van der Waals surface area (Å²) in [5.41, 5.74) is 1.48. The van der Waals surface area contributed by atoms with Crippen molar-refractivity contribution in [2.24, 2.45) is 0 Å². The molecule has 6 nitrogen and oxygen atoms in total. The Morgan fingerprint density at radius 2 is 2.04 bits per heavy atom. The summed E-state index contributed by atoms with van der Waals surface area (Å²) < 4.78 is 31.5. The van der Waals surface area contributed by atoms with E-state index in [2.05, 4.69) is 5.32 Å². The molecule has 0 radical (unpaired) electrons. The van der Waals surface area contributed by atoms with Crippen LogP contribution in [0.25, 0.3) is 6.08 Å². The summed E-state index contributed by atoms with van der Waals surface area (Å²) >= 11 is 1.55. The van der Waals surface area contributed by atoms with Crippen LogP contribution in [-0.4, -0.2) is 39.3 Å². The summed E-state index contributed by atoms with van der Waals surface area (Å²) in [4.78, 5) is 13.2. The second kappa shape index (κ2) is 8.48. The van der Waals surface area contributed by atoms with Crippen molar-refractivity contribution >= 4 is 39.0 Å². The third-order valence-electron chi connectivity index (χ3n) is 3.56. The van der Waals surface area contributed by atoms with Crippen LogP contribution in [0.15, 0.2) is 40.6 Å². The number of amides is 1. The van der Waals surface area contributed by atoms with E-state index in [1.165, 1.54) is 26.2 Å². The molecule has 0 atom stereocenters. The molecule has 1 aromatic heterocycles. The normalized spacial score (nSPS) is 11.9. The monoisotopic (exact) mass is 394 g/mol. The number of carbonyl (C=O) groups excluding carboxylic acids is 1. The van der Waals surface area contributed by atoms with Crippen LogP contribution in [0.2, 0.25) is 0 Å². The Kier molecular flexibility index (Phi) is 6.57. The first-order valence-electron chi connectivity index (χ1n) is 7.98. The minimum Gasteiger partial charge on any atom is -0.492 e. The van der Waals surface area contributed by atoms with Crippen LogP contribution in [0.3, 0.4) is 0 Å². The number of benzene rings is 1. The molecule has 1 heterocycles. The molecule has 0 fully saturated rings. The lowest BCUT2D eigenvalue weighted by Gasteiger charge is -2.16. The highest BCUT2D eigenvalue weighted by molar-refractivity contribution is 7.89. The van der Waals surface area contributed by atoms with Gasteiger partial charge in [0.05, 0.1) is 6.61 Å². The summed E-state index contributed by atoms with van der Waals surface area (Å²) in [5, 5.41) is 4.64. The molecule has 8 heteroatoms. The van der Waals surface area contributed by atoms with Gasteiger partial charge in [-0.1, -0.05) is 0 Å². The van der Waals surface area contributed by atoms with E-state index < -0.39 is 10.0 Å². The largest absolute Gasteiger partial charge is 0.492 e. The Morgan fingerprint density at radius 1 is 1.31 bits per heavy atom. The van der Waals surface area contributed by atoms with Crippen LogP contribution in [0.4, 0.5) is 5.69 Å². The molecule has 0 saturated carbocycles. The standard InChI is InChI=1S/C18H22N2O4S2/c1-5-24-15-7-6-14(12-17(15)26(22,23)20(3)4)19-18(21)9-8-16-13(2)10-11-25-16/h6-12H,5H2,1-4H3,(H,19,21)/b9-8+. The number of aryl methyl sites for hydroxylation is 1. The van der Waals surface area contributed by atoms with E-state index in [0.29, 0.717) is 12.3 Å². The van der Waals surface area contributed by atoms with Gasteiger partial charge in [0.1, 0.15) is 10.6 Å². The number of nitrogens with zero attached hydrogens (tertiary/aromatic N) is 1. The number of anilines is 1. The minimum atomic E-state index is -3.70. The Balaban J connectivity index is 2.26. The Bertz CT molecular complexity index is 915. The van der Waals surface area contributed by atoms with Crippen LogP contribution in [-0.2, 0) is 14.8 Å². The summed E-state index contributed by atoms with van der Waals surface area (Å²) in [5.74, 6) is -0.0842. The smallest absolute Gasteiger partial charge is 0.248 e. The zero-order valence-electron chi connectivity index (χ0n) is 15.1. The average molecular weight is 395 g/mol. The van der Waals surface area contributed by atoms with Crippen molar-refractivity contribution in [1.82, 2.24) is 4.31 Å². The quantitative estimate of drug-likeness (QED) is 0.731. The predicted molar refractivity (Wildman–Crippen MR) is 105 cm³/mol. The molecule has 2 rings (SSSR count). The zero-order chi connectivity index (χ0) is 19.3. The van der Waals surface area contributed by atoms with E-state index in [-0.39, 0.29) is 16.6 Å². The SMILES string of the molecule is CCOc1ccc(NC(=O)/C=C/c2sccc2C)cc1S(=O)(=O)N(C)C. The fraction of sp³-hybridized carbons (Fsp3) is 0.278. The second-order valence-corrected chi connectivity index (χ2v) is 8.74. The van der Waals surface area contributed by atoms with Crippen LogP contribution in [0, 0.1) is 6.92 Å². The summed E-state index contributed by atoms with van der Waals surface area (Å²) in [6.45, 7) is 4.09. The number of sulfonamides is 1. The van der Waals surface area contributed by atoms with Crippen molar-refractivity contribution in [3.8, 4) is 5.75 Å². The maximum Gasteiger partial charge on any atom is 0.248 e. The van der Waals surface area contributed by atoms with Gasteiger partial charge in [0.2, 0.25) is 15.9 Å². The summed E-state index contributed by atoms with van der Waals surface area (Å²) in [6.07, 6.45) is 3.16. The highest BCUT2D eigenvalue weighted by Crippen LogP contribution is 2.29. The molecule has 1 N–H and O–H groups in total. The van der Waals surface area contributed by atoms with Crippen molar-refractivity contribution in [2.75, 3.05) is 26.0 Å². The van der Waals surface area contributed by atoms with Crippen LogP contribution in [0.1, 0.15) is 17.4 Å². The van der Waals surface area contributed by atoms with Gasteiger partial charge in [0, 0.05) is 30.7 Å². The third-order valence-corrected chi connectivity index (χ3v) is 6.38. The van der Waals surface area contributed by atoms with Crippen molar-refractivity contribution in [3.05, 3.63) is 46.2 Å². The molecular weight excluding hydrogens is 372 g/mol. The first-order valence-corrected chi connectivity index (χ1v) is 10.3. The number of carbonyl (C=O) groups is 1. The number of hydrogen-bond acceptors (Lipinski definition) is 5. The Morgan fingerprint density at radius 3 is 2.62 bits per heavy atom. The molecule has 0 unspecified atom stereocenters. The highest BCUT2D eigenvalue weighted by atomic mass is 32.2. The van der Waals surface area contributed by atoms with Crippen LogP contribution in [0.5, 0.6) is 5.75 Å². The molecular formula is C18H22N2O4S2. The lowest BCUT2D eigenvalue weighted by Crippen LogP contribution is -2.23. The van der Waals surface area contributed by atoms with Crippen molar-refractivity contribution in [3.63, 3.8) is 0 Å². The number of ether oxygens (including phenoxy) is 1. The number of nitrogens with one attached hydrogen (secondary N) is 1. The first kappa shape index (κ1) is 20.2. The highest BCUT2D eigenvalue weighted by Gasteiger charge is 2.23. The number of thiophene rings is 1. The molecule has 0 spiro atoms. The van der Waals surface area contributed by atoms with E-state index in [9.17, 15) is 13.2 Å². The van der Waals surface area contributed by atoms with Gasteiger partial charge in [-0.15, -0.1) is 11.3 Å². The minimum absolute atomic E-state index is 0.0141. The lowest BCUT2D eigenvalue weighted by molar-refractivity contribution is -0.111. The zero-order valence-corrected chi connectivity index (χ0v) is 16.8. The van der Waals surface area contributed by atoms with E-state index in [0.717, 1.165) is 14.7 Å². The molecule has 140 valence electrons. The maximum atomic E-state index is 12.5. The summed E-state index contributed by atoms with van der Waals surface area (Å²) in [7, 11) is -0.807. The Hall–Kier alpha value is -2.16. The van der Waals surface area contributed by atoms with Gasteiger partial charge in [-0.05, 0) is 55.1 Å². The van der Waals surface area contributed by atoms with Gasteiger partial charge in [-0.3, -0.25) is 4.79 Å². The molecule has 1 aromatic carbocycles. The predicted octanol–water partition coefficient (Wildman–Crippen LogP) is 3.36. The average Bonchev–Trinajstić information content (AvgIpc) is 2.99. The molecule has 0 saturated heterocycles. The van der Waals surface area contributed by atoms with Crippen molar-refractivity contribution in [2.45, 2.75) is 18.7 Å². The molecule has 2 aromatic rings. The molecule has 0 aliphatic rings. The van der Waals surface area contributed by atoms with Crippen molar-refractivity contribution in [1.29, 1.82) is 0 Å². The number of hydrogen-bond donors (Lipinski definition) is 1. The molecule has 26 heavy (non-hydrogen) atoms. The topological polar surface area (TPSA) is 75.7 Å². The number of rotatable bonds is 7. The van der Waals surface area contributed by atoms with E-state index in [1.807, 2.05) is 18.4 Å². The van der Waals surface area contributed by atoms with Gasteiger partial charge in [0.15, 0.2) is 0 Å². The van der Waals surface area contributed by atoms with E-state index >= 15 is 0 Å². The molecule has 1 amide bonds. The maximum absolute atomic E-state index is 12.5. The molecule has 0 bridgehead atoms. The fourth-order valence-electron chi connectivity index (χ4n) is 2.15. The fourth-order valence-corrected chi connectivity index (χ4v) is 4.02. The van der Waals surface area contributed by atoms with E-state index in [1.54, 1.807) is 36.5 Å². The van der Waals surface area contributed by atoms with Gasteiger partial charge < -0.3 is 10.1 Å². The van der Waals surface area contributed by atoms with Crippen LogP contribution >= 0.6 is 11.3 Å². The summed E-state index contributed by atoms with van der Waals surface area (Å²) in [6, 6.07) is 6.54. The van der Waals surface area contributed by atoms with Gasteiger partial charge in [-0.25, -0.2) is 12.7 Å². The van der Waals surface area contributed by atoms with Gasteiger partial charge in [-0.2, -0.15) is 0 Å². The Labute approximate surface area is 158 Å². The van der Waals surface area contributed by atoms with Crippen LogP contribution < -0.4 is 10.1 Å².